The largest absolute Gasteiger partial charge is 0.392 e. The van der Waals surface area contributed by atoms with Gasteiger partial charge in [-0.2, -0.15) is 0 Å². The van der Waals surface area contributed by atoms with Gasteiger partial charge in [-0.15, -0.1) is 0 Å². The SMILES string of the molecule is CC(C)(C)NC(=O)c1ncc(C(=O)Nc2ccccc2)cc1CO. The monoisotopic (exact) mass is 327 g/mol. The third-order valence-electron chi connectivity index (χ3n) is 3.13. The zero-order chi connectivity index (χ0) is 17.7. The van der Waals surface area contributed by atoms with Crippen molar-refractivity contribution in [3.05, 3.63) is 59.4 Å². The second-order valence-electron chi connectivity index (χ2n) is 6.41. The van der Waals surface area contributed by atoms with E-state index in [2.05, 4.69) is 15.6 Å². The van der Waals surface area contributed by atoms with Crippen LogP contribution >= 0.6 is 0 Å². The fourth-order valence-electron chi connectivity index (χ4n) is 2.08. The highest BCUT2D eigenvalue weighted by Crippen LogP contribution is 2.13. The molecule has 0 atom stereocenters. The summed E-state index contributed by atoms with van der Waals surface area (Å²) >= 11 is 0. The lowest BCUT2D eigenvalue weighted by molar-refractivity contribution is 0.0909. The molecule has 0 saturated carbocycles. The molecule has 2 aromatic rings. The Kier molecular flexibility index (Phi) is 5.31. The van der Waals surface area contributed by atoms with Crippen molar-refractivity contribution in [2.45, 2.75) is 32.9 Å². The number of carbonyl (C=O) groups is 2. The normalized spacial score (nSPS) is 11.0. The Balaban J connectivity index is 2.22. The number of anilines is 1. The molecule has 0 unspecified atom stereocenters. The molecule has 0 bridgehead atoms. The molecular formula is C18H21N3O3. The maximum absolute atomic E-state index is 12.3. The van der Waals surface area contributed by atoms with Crippen LogP contribution in [-0.4, -0.2) is 27.4 Å². The number of pyridine rings is 1. The fraction of sp³-hybridized carbons (Fsp3) is 0.278. The van der Waals surface area contributed by atoms with Crippen molar-refractivity contribution in [2.24, 2.45) is 0 Å². The molecule has 6 nitrogen and oxygen atoms in total. The molecule has 0 aliphatic heterocycles. The molecule has 0 saturated heterocycles. The molecule has 6 heteroatoms. The van der Waals surface area contributed by atoms with E-state index >= 15 is 0 Å². The van der Waals surface area contributed by atoms with E-state index in [4.69, 9.17) is 0 Å². The Labute approximate surface area is 140 Å². The van der Waals surface area contributed by atoms with E-state index in [1.165, 1.54) is 12.3 Å². The molecule has 1 aromatic heterocycles. The number of rotatable bonds is 4. The minimum Gasteiger partial charge on any atom is -0.392 e. The van der Waals surface area contributed by atoms with E-state index in [9.17, 15) is 14.7 Å². The number of para-hydroxylation sites is 1. The molecule has 126 valence electrons. The first kappa shape index (κ1) is 17.6. The van der Waals surface area contributed by atoms with Gasteiger partial charge in [0.1, 0.15) is 5.69 Å². The molecule has 1 heterocycles. The highest BCUT2D eigenvalue weighted by atomic mass is 16.3. The lowest BCUT2D eigenvalue weighted by Crippen LogP contribution is -2.41. The summed E-state index contributed by atoms with van der Waals surface area (Å²) in [5, 5.41) is 15.0. The number of hydrogen-bond donors (Lipinski definition) is 3. The van der Waals surface area contributed by atoms with Gasteiger partial charge in [0, 0.05) is 23.0 Å². The molecule has 0 fully saturated rings. The van der Waals surface area contributed by atoms with Gasteiger partial charge in [0.15, 0.2) is 0 Å². The van der Waals surface area contributed by atoms with Crippen LogP contribution in [0.15, 0.2) is 42.6 Å². The average molecular weight is 327 g/mol. The average Bonchev–Trinajstić information content (AvgIpc) is 2.53. The standard InChI is InChI=1S/C18H21N3O3/c1-18(2,3)21-17(24)15-13(11-22)9-12(10-19-15)16(23)20-14-7-5-4-6-8-14/h4-10,22H,11H2,1-3H3,(H,20,23)(H,21,24). The third-order valence-corrected chi connectivity index (χ3v) is 3.13. The van der Waals surface area contributed by atoms with Crippen LogP contribution in [-0.2, 0) is 6.61 Å². The fourth-order valence-corrected chi connectivity index (χ4v) is 2.08. The van der Waals surface area contributed by atoms with Gasteiger partial charge >= 0.3 is 0 Å². The predicted octanol–water partition coefficient (Wildman–Crippen LogP) is 2.35. The topological polar surface area (TPSA) is 91.3 Å². The number of nitrogens with one attached hydrogen (secondary N) is 2. The van der Waals surface area contributed by atoms with Crippen LogP contribution in [0.5, 0.6) is 0 Å². The summed E-state index contributed by atoms with van der Waals surface area (Å²) in [6.45, 7) is 5.17. The lowest BCUT2D eigenvalue weighted by atomic mass is 10.1. The first-order chi connectivity index (χ1) is 11.3. The molecule has 0 spiro atoms. The third kappa shape index (κ3) is 4.63. The van der Waals surface area contributed by atoms with Crippen LogP contribution in [0.3, 0.4) is 0 Å². The Bertz CT molecular complexity index is 737. The van der Waals surface area contributed by atoms with Crippen molar-refractivity contribution in [3.8, 4) is 0 Å². The van der Waals surface area contributed by atoms with Crippen molar-refractivity contribution < 1.29 is 14.7 Å². The zero-order valence-corrected chi connectivity index (χ0v) is 14.0. The van der Waals surface area contributed by atoms with E-state index in [0.717, 1.165) is 0 Å². The summed E-state index contributed by atoms with van der Waals surface area (Å²) < 4.78 is 0. The number of amides is 2. The van der Waals surface area contributed by atoms with Crippen molar-refractivity contribution in [3.63, 3.8) is 0 Å². The quantitative estimate of drug-likeness (QED) is 0.804. The first-order valence-electron chi connectivity index (χ1n) is 7.59. The van der Waals surface area contributed by atoms with E-state index < -0.39 is 5.54 Å². The Morgan fingerprint density at radius 3 is 2.38 bits per heavy atom. The van der Waals surface area contributed by atoms with Crippen molar-refractivity contribution in [1.82, 2.24) is 10.3 Å². The van der Waals surface area contributed by atoms with Crippen LogP contribution in [0.4, 0.5) is 5.69 Å². The first-order valence-corrected chi connectivity index (χ1v) is 7.59. The summed E-state index contributed by atoms with van der Waals surface area (Å²) in [5.74, 6) is -0.743. The van der Waals surface area contributed by atoms with Gasteiger partial charge in [0.25, 0.3) is 11.8 Å². The molecule has 2 rings (SSSR count). The molecular weight excluding hydrogens is 306 g/mol. The number of aliphatic hydroxyl groups is 1. The Morgan fingerprint density at radius 1 is 1.12 bits per heavy atom. The van der Waals surface area contributed by atoms with Crippen molar-refractivity contribution >= 4 is 17.5 Å². The van der Waals surface area contributed by atoms with Crippen LogP contribution < -0.4 is 10.6 Å². The summed E-state index contributed by atoms with van der Waals surface area (Å²) in [4.78, 5) is 28.5. The second-order valence-corrected chi connectivity index (χ2v) is 6.41. The number of aromatic nitrogens is 1. The van der Waals surface area contributed by atoms with Gasteiger partial charge < -0.3 is 15.7 Å². The van der Waals surface area contributed by atoms with Gasteiger partial charge in [-0.05, 0) is 39.0 Å². The second kappa shape index (κ2) is 7.23. The van der Waals surface area contributed by atoms with Gasteiger partial charge in [0.05, 0.1) is 12.2 Å². The molecule has 24 heavy (non-hydrogen) atoms. The van der Waals surface area contributed by atoms with E-state index in [1.807, 2.05) is 39.0 Å². The van der Waals surface area contributed by atoms with Crippen LogP contribution in [0.25, 0.3) is 0 Å². The smallest absolute Gasteiger partial charge is 0.270 e. The number of benzene rings is 1. The van der Waals surface area contributed by atoms with E-state index in [-0.39, 0.29) is 29.7 Å². The van der Waals surface area contributed by atoms with Gasteiger partial charge in [-0.25, -0.2) is 4.98 Å². The molecule has 1 aromatic carbocycles. The molecule has 3 N–H and O–H groups in total. The molecule has 2 amide bonds. The Hall–Kier alpha value is -2.73. The summed E-state index contributed by atoms with van der Waals surface area (Å²) in [6, 6.07) is 10.5. The molecule has 0 aliphatic rings. The number of carbonyl (C=O) groups excluding carboxylic acids is 2. The van der Waals surface area contributed by atoms with Crippen LogP contribution in [0.1, 0.15) is 47.2 Å². The molecule has 0 aliphatic carbocycles. The predicted molar refractivity (Wildman–Crippen MR) is 91.8 cm³/mol. The lowest BCUT2D eigenvalue weighted by Gasteiger charge is -2.21. The van der Waals surface area contributed by atoms with Crippen molar-refractivity contribution in [1.29, 1.82) is 0 Å². The maximum atomic E-state index is 12.3. The Morgan fingerprint density at radius 2 is 1.79 bits per heavy atom. The maximum Gasteiger partial charge on any atom is 0.270 e. The minimum absolute atomic E-state index is 0.115. The van der Waals surface area contributed by atoms with Crippen molar-refractivity contribution in [2.75, 3.05) is 5.32 Å². The summed E-state index contributed by atoms with van der Waals surface area (Å²) in [7, 11) is 0. The van der Waals surface area contributed by atoms with E-state index in [0.29, 0.717) is 11.3 Å². The number of aliphatic hydroxyl groups excluding tert-OH is 1. The van der Waals surface area contributed by atoms with Gasteiger partial charge in [-0.1, -0.05) is 18.2 Å². The van der Waals surface area contributed by atoms with Gasteiger partial charge in [-0.3, -0.25) is 9.59 Å². The molecule has 0 radical (unpaired) electrons. The zero-order valence-electron chi connectivity index (χ0n) is 14.0. The summed E-state index contributed by atoms with van der Waals surface area (Å²) in [6.07, 6.45) is 1.33. The van der Waals surface area contributed by atoms with Crippen LogP contribution in [0.2, 0.25) is 0 Å². The van der Waals surface area contributed by atoms with Gasteiger partial charge in [0.2, 0.25) is 0 Å². The summed E-state index contributed by atoms with van der Waals surface area (Å²) in [5.41, 5.74) is 0.924. The van der Waals surface area contributed by atoms with Crippen LogP contribution in [0, 0.1) is 0 Å². The highest BCUT2D eigenvalue weighted by molar-refractivity contribution is 6.04. The highest BCUT2D eigenvalue weighted by Gasteiger charge is 2.20. The number of hydrogen-bond acceptors (Lipinski definition) is 4. The minimum atomic E-state index is -0.422. The van der Waals surface area contributed by atoms with E-state index in [1.54, 1.807) is 12.1 Å². The number of nitrogens with zero attached hydrogens (tertiary/aromatic N) is 1.